The first-order valence-corrected chi connectivity index (χ1v) is 3.66. The summed E-state index contributed by atoms with van der Waals surface area (Å²) in [5.74, 6) is 0. The zero-order chi connectivity index (χ0) is 9.28. The molecule has 0 spiro atoms. The number of aliphatic hydroxyl groups is 4. The predicted octanol–water partition coefficient (Wildman–Crippen LogP) is -1.06. The van der Waals surface area contributed by atoms with Crippen molar-refractivity contribution in [2.45, 2.75) is 18.4 Å². The fraction of sp³-hybridized carbons (Fsp3) is 1.00. The summed E-state index contributed by atoms with van der Waals surface area (Å²) in [6, 6.07) is 0. The van der Waals surface area contributed by atoms with E-state index >= 15 is 0 Å². The molecular weight excluding hydrogens is 172 g/mol. The first-order chi connectivity index (χ1) is 5.08. The van der Waals surface area contributed by atoms with Gasteiger partial charge in [0.05, 0.1) is 25.2 Å². The Morgan fingerprint density at radius 1 is 1.09 bits per heavy atom. The maximum absolute atomic E-state index is 8.17. The topological polar surface area (TPSA) is 80.9 Å². The van der Waals surface area contributed by atoms with Crippen molar-refractivity contribution >= 4 is 11.6 Å². The standard InChI is InChI=1S/C3H7ClO.C3H8O3/c1-3(4)2-5;4-1-3(6)2-5/h3,5H,2H2,1H3;3-6H,1-2H2. The van der Waals surface area contributed by atoms with E-state index in [0.29, 0.717) is 0 Å². The molecule has 5 heteroatoms. The molecule has 4 N–H and O–H groups in total. The Morgan fingerprint density at radius 2 is 1.36 bits per heavy atom. The Balaban J connectivity index is 0. The minimum Gasteiger partial charge on any atom is -0.395 e. The van der Waals surface area contributed by atoms with Gasteiger partial charge in [0.1, 0.15) is 6.10 Å². The van der Waals surface area contributed by atoms with E-state index in [1.807, 2.05) is 0 Å². The fourth-order valence-electron chi connectivity index (χ4n) is 0.0577. The quantitative estimate of drug-likeness (QED) is 0.424. The van der Waals surface area contributed by atoms with Crippen molar-refractivity contribution in [2.75, 3.05) is 19.8 Å². The number of hydrogen-bond acceptors (Lipinski definition) is 4. The highest BCUT2D eigenvalue weighted by atomic mass is 35.5. The minimum absolute atomic E-state index is 0.0710. The third-order valence-electron chi connectivity index (χ3n) is 0.673. The second-order valence-electron chi connectivity index (χ2n) is 1.98. The first kappa shape index (κ1) is 13.7. The average Bonchev–Trinajstić information content (AvgIpc) is 2.04. The smallest absolute Gasteiger partial charge is 0.100 e. The molecule has 1 atom stereocenters. The van der Waals surface area contributed by atoms with E-state index in [0.717, 1.165) is 0 Å². The van der Waals surface area contributed by atoms with Gasteiger partial charge >= 0.3 is 0 Å². The van der Waals surface area contributed by atoms with Crippen molar-refractivity contribution in [1.82, 2.24) is 0 Å². The molecule has 0 fully saturated rings. The highest BCUT2D eigenvalue weighted by Crippen LogP contribution is 1.86. The monoisotopic (exact) mass is 186 g/mol. The van der Waals surface area contributed by atoms with E-state index in [2.05, 4.69) is 0 Å². The minimum atomic E-state index is -0.954. The molecule has 0 aromatic rings. The maximum atomic E-state index is 8.17. The molecule has 4 nitrogen and oxygen atoms in total. The summed E-state index contributed by atoms with van der Waals surface area (Å²) in [6.07, 6.45) is -0.954. The Kier molecular flexibility index (Phi) is 12.6. The fourth-order valence-corrected chi connectivity index (χ4v) is 0.0577. The second kappa shape index (κ2) is 10.1. The van der Waals surface area contributed by atoms with Crippen molar-refractivity contribution in [1.29, 1.82) is 0 Å². The van der Waals surface area contributed by atoms with Crippen LogP contribution < -0.4 is 0 Å². The summed E-state index contributed by atoms with van der Waals surface area (Å²) in [4.78, 5) is 0. The van der Waals surface area contributed by atoms with Gasteiger partial charge in [0.25, 0.3) is 0 Å². The van der Waals surface area contributed by atoms with E-state index in [9.17, 15) is 0 Å². The second-order valence-corrected chi connectivity index (χ2v) is 2.73. The normalized spacial score (nSPS) is 12.3. The third kappa shape index (κ3) is 17.8. The van der Waals surface area contributed by atoms with Crippen molar-refractivity contribution in [3.63, 3.8) is 0 Å². The third-order valence-corrected chi connectivity index (χ3v) is 0.811. The molecule has 11 heavy (non-hydrogen) atoms. The van der Waals surface area contributed by atoms with Crippen LogP contribution in [-0.2, 0) is 0 Å². The highest BCUT2D eigenvalue weighted by molar-refractivity contribution is 6.20. The summed E-state index contributed by atoms with van der Waals surface area (Å²) in [6.45, 7) is 1.08. The maximum Gasteiger partial charge on any atom is 0.100 e. The molecule has 0 aromatic heterocycles. The van der Waals surface area contributed by atoms with Gasteiger partial charge in [0.2, 0.25) is 0 Å². The van der Waals surface area contributed by atoms with Crippen molar-refractivity contribution in [3.05, 3.63) is 0 Å². The number of hydrogen-bond donors (Lipinski definition) is 4. The number of alkyl halides is 1. The van der Waals surface area contributed by atoms with Gasteiger partial charge in [-0.3, -0.25) is 0 Å². The van der Waals surface area contributed by atoms with Crippen LogP contribution in [0.1, 0.15) is 6.92 Å². The lowest BCUT2D eigenvalue weighted by molar-refractivity contribution is 0.0450. The van der Waals surface area contributed by atoms with E-state index in [4.69, 9.17) is 32.0 Å². The lowest BCUT2D eigenvalue weighted by Crippen LogP contribution is -2.15. The number of rotatable bonds is 3. The van der Waals surface area contributed by atoms with Crippen LogP contribution in [0.2, 0.25) is 0 Å². The SMILES string of the molecule is CC(Cl)CO.OCC(O)CO. The van der Waals surface area contributed by atoms with Crippen LogP contribution in [0.15, 0.2) is 0 Å². The molecule has 0 rings (SSSR count). The Morgan fingerprint density at radius 3 is 1.36 bits per heavy atom. The van der Waals surface area contributed by atoms with E-state index in [1.165, 1.54) is 0 Å². The van der Waals surface area contributed by atoms with Crippen LogP contribution in [0.4, 0.5) is 0 Å². The van der Waals surface area contributed by atoms with Gasteiger partial charge in [-0.15, -0.1) is 11.6 Å². The molecule has 0 aliphatic rings. The van der Waals surface area contributed by atoms with E-state index < -0.39 is 6.10 Å². The number of aliphatic hydroxyl groups excluding tert-OH is 4. The van der Waals surface area contributed by atoms with Gasteiger partial charge in [-0.25, -0.2) is 0 Å². The van der Waals surface area contributed by atoms with Crippen LogP contribution in [0.5, 0.6) is 0 Å². The Bertz CT molecular complexity index is 65.6. The molecule has 0 saturated carbocycles. The van der Waals surface area contributed by atoms with Crippen LogP contribution in [0.25, 0.3) is 0 Å². The predicted molar refractivity (Wildman–Crippen MR) is 42.6 cm³/mol. The molecule has 0 radical (unpaired) electrons. The molecule has 1 unspecified atom stereocenters. The van der Waals surface area contributed by atoms with E-state index in [1.54, 1.807) is 6.92 Å². The largest absolute Gasteiger partial charge is 0.395 e. The molecule has 70 valence electrons. The molecule has 0 aliphatic carbocycles. The first-order valence-electron chi connectivity index (χ1n) is 3.23. The van der Waals surface area contributed by atoms with Crippen LogP contribution in [0, 0.1) is 0 Å². The van der Waals surface area contributed by atoms with Gasteiger partial charge < -0.3 is 20.4 Å². The van der Waals surface area contributed by atoms with Gasteiger partial charge in [-0.1, -0.05) is 0 Å². The Labute approximate surface area is 71.0 Å². The summed E-state index contributed by atoms with van der Waals surface area (Å²) in [7, 11) is 0. The van der Waals surface area contributed by atoms with Crippen LogP contribution in [0.3, 0.4) is 0 Å². The zero-order valence-corrected chi connectivity index (χ0v) is 7.20. The molecule has 0 aromatic carbocycles. The van der Waals surface area contributed by atoms with Gasteiger partial charge in [0.15, 0.2) is 0 Å². The lowest BCUT2D eigenvalue weighted by Gasteiger charge is -1.96. The van der Waals surface area contributed by atoms with Gasteiger partial charge in [-0.05, 0) is 6.92 Å². The molecule has 0 amide bonds. The summed E-state index contributed by atoms with van der Waals surface area (Å²) in [5, 5.41) is 31.9. The molecular formula is C6H15ClO4. The van der Waals surface area contributed by atoms with Crippen molar-refractivity contribution in [2.24, 2.45) is 0 Å². The molecule has 0 aliphatic heterocycles. The van der Waals surface area contributed by atoms with Gasteiger partial charge in [0, 0.05) is 0 Å². The van der Waals surface area contributed by atoms with E-state index in [-0.39, 0.29) is 25.2 Å². The number of halogens is 1. The summed E-state index contributed by atoms with van der Waals surface area (Å²) in [5.41, 5.74) is 0. The molecule has 0 heterocycles. The Hall–Kier alpha value is 0.130. The van der Waals surface area contributed by atoms with Crippen LogP contribution >= 0.6 is 11.6 Å². The summed E-state index contributed by atoms with van der Waals surface area (Å²) < 4.78 is 0. The highest BCUT2D eigenvalue weighted by Gasteiger charge is 1.93. The van der Waals surface area contributed by atoms with Crippen LogP contribution in [-0.4, -0.2) is 51.7 Å². The zero-order valence-electron chi connectivity index (χ0n) is 6.44. The summed E-state index contributed by atoms with van der Waals surface area (Å²) >= 11 is 5.21. The van der Waals surface area contributed by atoms with Crippen molar-refractivity contribution in [3.8, 4) is 0 Å². The van der Waals surface area contributed by atoms with Crippen molar-refractivity contribution < 1.29 is 20.4 Å². The lowest BCUT2D eigenvalue weighted by atomic mass is 10.4. The molecule has 0 bridgehead atoms. The molecule has 0 saturated heterocycles. The van der Waals surface area contributed by atoms with Gasteiger partial charge in [-0.2, -0.15) is 0 Å². The average molecular weight is 187 g/mol.